The van der Waals surface area contributed by atoms with Crippen LogP contribution in [0.4, 0.5) is 0 Å². The third-order valence-corrected chi connectivity index (χ3v) is 4.74. The molecule has 0 aromatic heterocycles. The van der Waals surface area contributed by atoms with E-state index in [1.165, 1.54) is 6.26 Å². The first-order chi connectivity index (χ1) is 8.80. The zero-order valence-corrected chi connectivity index (χ0v) is 13.0. The van der Waals surface area contributed by atoms with Gasteiger partial charge in [0.2, 0.25) is 15.9 Å². The van der Waals surface area contributed by atoms with E-state index in [0.717, 1.165) is 25.7 Å². The van der Waals surface area contributed by atoms with Crippen molar-refractivity contribution < 1.29 is 13.2 Å². The second-order valence-electron chi connectivity index (χ2n) is 5.76. The topological polar surface area (TPSA) is 66.5 Å². The third kappa shape index (κ3) is 5.91. The lowest BCUT2D eigenvalue weighted by molar-refractivity contribution is -0.121. The SMILES string of the molecule is CC(C)CC(=O)NCCN(C1CCCC1)S(C)(=O)=O. The zero-order valence-electron chi connectivity index (χ0n) is 12.2. The van der Waals surface area contributed by atoms with Crippen LogP contribution in [0.15, 0.2) is 0 Å². The summed E-state index contributed by atoms with van der Waals surface area (Å²) in [6.07, 6.45) is 5.80. The maximum absolute atomic E-state index is 11.8. The van der Waals surface area contributed by atoms with E-state index >= 15 is 0 Å². The average molecular weight is 290 g/mol. The fraction of sp³-hybridized carbons (Fsp3) is 0.923. The van der Waals surface area contributed by atoms with Crippen molar-refractivity contribution in [1.82, 2.24) is 9.62 Å². The summed E-state index contributed by atoms with van der Waals surface area (Å²) in [4.78, 5) is 11.5. The van der Waals surface area contributed by atoms with Gasteiger partial charge in [-0.05, 0) is 18.8 Å². The Kier molecular flexibility index (Phi) is 6.26. The van der Waals surface area contributed by atoms with Crippen molar-refractivity contribution in [1.29, 1.82) is 0 Å². The smallest absolute Gasteiger partial charge is 0.220 e. The van der Waals surface area contributed by atoms with Crippen molar-refractivity contribution in [3.8, 4) is 0 Å². The van der Waals surface area contributed by atoms with E-state index in [-0.39, 0.29) is 11.9 Å². The Bertz CT molecular complexity index is 387. The number of rotatable bonds is 7. The van der Waals surface area contributed by atoms with Gasteiger partial charge in [-0.15, -0.1) is 0 Å². The molecule has 5 nitrogen and oxygen atoms in total. The number of nitrogens with one attached hydrogen (secondary N) is 1. The molecule has 1 aliphatic carbocycles. The van der Waals surface area contributed by atoms with Crippen molar-refractivity contribution in [3.63, 3.8) is 0 Å². The van der Waals surface area contributed by atoms with Crippen molar-refractivity contribution in [2.75, 3.05) is 19.3 Å². The van der Waals surface area contributed by atoms with Gasteiger partial charge in [-0.1, -0.05) is 26.7 Å². The highest BCUT2D eigenvalue weighted by atomic mass is 32.2. The molecule has 112 valence electrons. The van der Waals surface area contributed by atoms with Gasteiger partial charge in [-0.2, -0.15) is 4.31 Å². The van der Waals surface area contributed by atoms with Gasteiger partial charge in [0.1, 0.15) is 0 Å². The Labute approximate surface area is 116 Å². The van der Waals surface area contributed by atoms with Crippen LogP contribution in [0.25, 0.3) is 0 Å². The molecule has 6 heteroatoms. The first-order valence-corrected chi connectivity index (χ1v) is 8.89. The predicted octanol–water partition coefficient (Wildman–Crippen LogP) is 1.35. The first kappa shape index (κ1) is 16.4. The minimum Gasteiger partial charge on any atom is -0.355 e. The quantitative estimate of drug-likeness (QED) is 0.769. The fourth-order valence-corrected chi connectivity index (χ4v) is 3.74. The van der Waals surface area contributed by atoms with Crippen molar-refractivity contribution >= 4 is 15.9 Å². The molecule has 0 spiro atoms. The Morgan fingerprint density at radius 3 is 2.37 bits per heavy atom. The Morgan fingerprint density at radius 2 is 1.89 bits per heavy atom. The van der Waals surface area contributed by atoms with Gasteiger partial charge in [0, 0.05) is 25.6 Å². The molecule has 0 saturated heterocycles. The molecule has 1 rings (SSSR count). The Hall–Kier alpha value is -0.620. The van der Waals surface area contributed by atoms with Crippen LogP contribution in [0.5, 0.6) is 0 Å². The molecule has 0 bridgehead atoms. The molecule has 1 saturated carbocycles. The molecule has 0 atom stereocenters. The van der Waals surface area contributed by atoms with E-state index in [0.29, 0.717) is 25.4 Å². The summed E-state index contributed by atoms with van der Waals surface area (Å²) in [6, 6.07) is 0.122. The number of sulfonamides is 1. The van der Waals surface area contributed by atoms with Gasteiger partial charge < -0.3 is 5.32 Å². The molecular weight excluding hydrogens is 264 g/mol. The highest BCUT2D eigenvalue weighted by Crippen LogP contribution is 2.24. The maximum atomic E-state index is 11.8. The summed E-state index contributed by atoms with van der Waals surface area (Å²) < 4.78 is 25.1. The van der Waals surface area contributed by atoms with E-state index in [1.54, 1.807) is 4.31 Å². The number of carbonyl (C=O) groups is 1. The Morgan fingerprint density at radius 1 is 1.32 bits per heavy atom. The average Bonchev–Trinajstić information content (AvgIpc) is 2.74. The molecule has 1 amide bonds. The molecule has 1 N–H and O–H groups in total. The van der Waals surface area contributed by atoms with Gasteiger partial charge in [0.25, 0.3) is 0 Å². The normalized spacial score (nSPS) is 17.3. The lowest BCUT2D eigenvalue weighted by atomic mass is 10.1. The van der Waals surface area contributed by atoms with Crippen LogP contribution in [-0.4, -0.2) is 44.0 Å². The highest BCUT2D eigenvalue weighted by molar-refractivity contribution is 7.88. The van der Waals surface area contributed by atoms with E-state index < -0.39 is 10.0 Å². The Balaban J connectivity index is 2.44. The second kappa shape index (κ2) is 7.24. The molecule has 0 aromatic rings. The van der Waals surface area contributed by atoms with Gasteiger partial charge in [-0.25, -0.2) is 8.42 Å². The minimum absolute atomic E-state index is 0.00475. The van der Waals surface area contributed by atoms with Crippen LogP contribution in [0, 0.1) is 5.92 Å². The van der Waals surface area contributed by atoms with E-state index in [4.69, 9.17) is 0 Å². The largest absolute Gasteiger partial charge is 0.355 e. The number of nitrogens with zero attached hydrogens (tertiary/aromatic N) is 1. The summed E-state index contributed by atoms with van der Waals surface area (Å²) in [5.74, 6) is 0.315. The van der Waals surface area contributed by atoms with Gasteiger partial charge in [0.15, 0.2) is 0 Å². The summed E-state index contributed by atoms with van der Waals surface area (Å²) in [7, 11) is -3.19. The minimum atomic E-state index is -3.19. The van der Waals surface area contributed by atoms with E-state index in [1.807, 2.05) is 13.8 Å². The lowest BCUT2D eigenvalue weighted by Crippen LogP contribution is -2.43. The number of amides is 1. The molecule has 0 aromatic carbocycles. The first-order valence-electron chi connectivity index (χ1n) is 7.04. The molecule has 0 radical (unpaired) electrons. The molecule has 0 heterocycles. The molecule has 19 heavy (non-hydrogen) atoms. The molecule has 1 aliphatic rings. The van der Waals surface area contributed by atoms with Crippen LogP contribution >= 0.6 is 0 Å². The zero-order chi connectivity index (χ0) is 14.5. The molecule has 0 aliphatic heterocycles. The van der Waals surface area contributed by atoms with Crippen molar-refractivity contribution in [2.24, 2.45) is 5.92 Å². The van der Waals surface area contributed by atoms with Crippen molar-refractivity contribution in [3.05, 3.63) is 0 Å². The second-order valence-corrected chi connectivity index (χ2v) is 7.69. The van der Waals surface area contributed by atoms with E-state index in [9.17, 15) is 13.2 Å². The van der Waals surface area contributed by atoms with Gasteiger partial charge in [0.05, 0.1) is 6.26 Å². The molecule has 1 fully saturated rings. The monoisotopic (exact) mass is 290 g/mol. The number of hydrogen-bond acceptors (Lipinski definition) is 3. The van der Waals surface area contributed by atoms with Crippen LogP contribution in [0.1, 0.15) is 46.0 Å². The van der Waals surface area contributed by atoms with Gasteiger partial charge in [-0.3, -0.25) is 4.79 Å². The lowest BCUT2D eigenvalue weighted by Gasteiger charge is -2.26. The maximum Gasteiger partial charge on any atom is 0.220 e. The predicted molar refractivity (Wildman–Crippen MR) is 76.3 cm³/mol. The van der Waals surface area contributed by atoms with Crippen LogP contribution in [0.2, 0.25) is 0 Å². The summed E-state index contributed by atoms with van der Waals surface area (Å²) in [6.45, 7) is 4.75. The number of carbonyl (C=O) groups excluding carboxylic acids is 1. The van der Waals surface area contributed by atoms with E-state index in [2.05, 4.69) is 5.32 Å². The number of hydrogen-bond donors (Lipinski definition) is 1. The molecular formula is C13H26N2O3S. The van der Waals surface area contributed by atoms with Crippen LogP contribution in [0.3, 0.4) is 0 Å². The summed E-state index contributed by atoms with van der Waals surface area (Å²) >= 11 is 0. The summed E-state index contributed by atoms with van der Waals surface area (Å²) in [5, 5.41) is 2.79. The van der Waals surface area contributed by atoms with Crippen LogP contribution < -0.4 is 5.32 Å². The highest BCUT2D eigenvalue weighted by Gasteiger charge is 2.28. The van der Waals surface area contributed by atoms with Gasteiger partial charge >= 0.3 is 0 Å². The summed E-state index contributed by atoms with van der Waals surface area (Å²) in [5.41, 5.74) is 0. The van der Waals surface area contributed by atoms with Crippen LogP contribution in [-0.2, 0) is 14.8 Å². The molecule has 0 unspecified atom stereocenters. The van der Waals surface area contributed by atoms with Crippen molar-refractivity contribution in [2.45, 2.75) is 52.0 Å². The fourth-order valence-electron chi connectivity index (χ4n) is 2.56. The third-order valence-electron chi connectivity index (χ3n) is 3.41. The standard InChI is InChI=1S/C13H26N2O3S/c1-11(2)10-13(16)14-8-9-15(19(3,17)18)12-6-4-5-7-12/h11-12H,4-10H2,1-3H3,(H,14,16).